The van der Waals surface area contributed by atoms with Crippen LogP contribution in [-0.2, 0) is 11.2 Å². The predicted octanol–water partition coefficient (Wildman–Crippen LogP) is 3.69. The van der Waals surface area contributed by atoms with Crippen LogP contribution in [0.5, 0.6) is 5.75 Å². The van der Waals surface area contributed by atoms with E-state index in [9.17, 15) is 4.79 Å². The molecule has 4 heteroatoms. The Bertz CT molecular complexity index is 508. The van der Waals surface area contributed by atoms with E-state index in [1.165, 1.54) is 12.8 Å². The zero-order chi connectivity index (χ0) is 16.7. The van der Waals surface area contributed by atoms with Crippen molar-refractivity contribution >= 4 is 11.6 Å². The van der Waals surface area contributed by atoms with Gasteiger partial charge in [0.15, 0.2) is 0 Å². The molecule has 1 saturated carbocycles. The summed E-state index contributed by atoms with van der Waals surface area (Å²) in [4.78, 5) is 12.0. The Morgan fingerprint density at radius 3 is 2.74 bits per heavy atom. The van der Waals surface area contributed by atoms with E-state index >= 15 is 0 Å². The highest BCUT2D eigenvalue weighted by molar-refractivity contribution is 5.76. The Labute approximate surface area is 139 Å². The maximum atomic E-state index is 12.0. The molecule has 0 aliphatic heterocycles. The van der Waals surface area contributed by atoms with Crippen LogP contribution >= 0.6 is 0 Å². The Kier molecular flexibility index (Phi) is 6.75. The van der Waals surface area contributed by atoms with E-state index in [0.717, 1.165) is 37.0 Å². The number of amides is 1. The Balaban J connectivity index is 1.76. The topological polar surface area (TPSA) is 64.3 Å². The van der Waals surface area contributed by atoms with Crippen molar-refractivity contribution in [2.45, 2.75) is 64.8 Å². The molecular formula is C19H30N2O2. The largest absolute Gasteiger partial charge is 0.491 e. The van der Waals surface area contributed by atoms with Gasteiger partial charge in [-0.25, -0.2) is 0 Å². The SMILES string of the molecule is CC(C)CCOc1ccc(CCC(=O)NC2CCCC2)cc1N. The van der Waals surface area contributed by atoms with Crippen LogP contribution in [0.15, 0.2) is 18.2 Å². The van der Waals surface area contributed by atoms with Gasteiger partial charge in [-0.15, -0.1) is 0 Å². The van der Waals surface area contributed by atoms with Crippen molar-refractivity contribution in [1.82, 2.24) is 5.32 Å². The first-order valence-electron chi connectivity index (χ1n) is 8.85. The van der Waals surface area contributed by atoms with Gasteiger partial charge in [-0.3, -0.25) is 4.79 Å². The van der Waals surface area contributed by atoms with Crippen LogP contribution in [0, 0.1) is 5.92 Å². The highest BCUT2D eigenvalue weighted by Gasteiger charge is 2.16. The minimum atomic E-state index is 0.146. The fourth-order valence-corrected chi connectivity index (χ4v) is 2.92. The summed E-state index contributed by atoms with van der Waals surface area (Å²) in [5.74, 6) is 1.51. The summed E-state index contributed by atoms with van der Waals surface area (Å²) >= 11 is 0. The van der Waals surface area contributed by atoms with Crippen molar-refractivity contribution in [3.8, 4) is 5.75 Å². The third kappa shape index (κ3) is 6.12. The molecule has 0 spiro atoms. The number of hydrogen-bond donors (Lipinski definition) is 2. The molecule has 128 valence electrons. The lowest BCUT2D eigenvalue weighted by Crippen LogP contribution is -2.32. The quantitative estimate of drug-likeness (QED) is 0.719. The van der Waals surface area contributed by atoms with Crippen LogP contribution in [-0.4, -0.2) is 18.6 Å². The highest BCUT2D eigenvalue weighted by atomic mass is 16.5. The van der Waals surface area contributed by atoms with E-state index in [-0.39, 0.29) is 5.91 Å². The van der Waals surface area contributed by atoms with Gasteiger partial charge in [0.05, 0.1) is 12.3 Å². The van der Waals surface area contributed by atoms with Gasteiger partial charge in [-0.2, -0.15) is 0 Å². The molecule has 0 unspecified atom stereocenters. The van der Waals surface area contributed by atoms with Crippen LogP contribution in [0.2, 0.25) is 0 Å². The van der Waals surface area contributed by atoms with Crippen LogP contribution in [0.4, 0.5) is 5.69 Å². The summed E-state index contributed by atoms with van der Waals surface area (Å²) in [5, 5.41) is 3.12. The number of carbonyl (C=O) groups excluding carboxylic acids is 1. The summed E-state index contributed by atoms with van der Waals surface area (Å²) in [6.07, 6.45) is 6.97. The number of aryl methyl sites for hydroxylation is 1. The molecule has 1 aliphatic rings. The monoisotopic (exact) mass is 318 g/mol. The van der Waals surface area contributed by atoms with Crippen LogP contribution in [0.25, 0.3) is 0 Å². The molecule has 23 heavy (non-hydrogen) atoms. The van der Waals surface area contributed by atoms with Gasteiger partial charge in [0, 0.05) is 12.5 Å². The van der Waals surface area contributed by atoms with E-state index in [1.54, 1.807) is 0 Å². The number of carbonyl (C=O) groups is 1. The van der Waals surface area contributed by atoms with Crippen molar-refractivity contribution < 1.29 is 9.53 Å². The first-order valence-corrected chi connectivity index (χ1v) is 8.85. The van der Waals surface area contributed by atoms with Crippen LogP contribution < -0.4 is 15.8 Å². The number of benzene rings is 1. The average molecular weight is 318 g/mol. The lowest BCUT2D eigenvalue weighted by atomic mass is 10.1. The van der Waals surface area contributed by atoms with E-state index in [4.69, 9.17) is 10.5 Å². The molecule has 2 rings (SSSR count). The molecule has 1 aliphatic carbocycles. The number of hydrogen-bond acceptors (Lipinski definition) is 3. The van der Waals surface area contributed by atoms with E-state index in [2.05, 4.69) is 19.2 Å². The molecule has 1 fully saturated rings. The summed E-state index contributed by atoms with van der Waals surface area (Å²) < 4.78 is 5.71. The molecule has 0 saturated heterocycles. The molecule has 0 aromatic heterocycles. The van der Waals surface area contributed by atoms with Crippen LogP contribution in [0.1, 0.15) is 57.9 Å². The number of nitrogens with two attached hydrogens (primary N) is 1. The number of anilines is 1. The molecule has 1 amide bonds. The Hall–Kier alpha value is -1.71. The first-order chi connectivity index (χ1) is 11.0. The standard InChI is InChI=1S/C19H30N2O2/c1-14(2)11-12-23-18-9-7-15(13-17(18)20)8-10-19(22)21-16-5-3-4-6-16/h7,9,13-14,16H,3-6,8,10-12,20H2,1-2H3,(H,21,22). The molecule has 0 heterocycles. The van der Waals surface area contributed by atoms with Gasteiger partial charge in [0.25, 0.3) is 0 Å². The Morgan fingerprint density at radius 2 is 2.09 bits per heavy atom. The Morgan fingerprint density at radius 1 is 1.35 bits per heavy atom. The average Bonchev–Trinajstić information content (AvgIpc) is 2.99. The van der Waals surface area contributed by atoms with Gasteiger partial charge < -0.3 is 15.8 Å². The highest BCUT2D eigenvalue weighted by Crippen LogP contribution is 2.24. The molecule has 4 nitrogen and oxygen atoms in total. The summed E-state index contributed by atoms with van der Waals surface area (Å²) in [6.45, 7) is 5.03. The van der Waals surface area contributed by atoms with E-state index < -0.39 is 0 Å². The molecule has 0 atom stereocenters. The predicted molar refractivity (Wildman–Crippen MR) is 94.5 cm³/mol. The van der Waals surface area contributed by atoms with Gasteiger partial charge in [-0.05, 0) is 49.3 Å². The minimum absolute atomic E-state index is 0.146. The minimum Gasteiger partial charge on any atom is -0.491 e. The molecule has 1 aromatic carbocycles. The van der Waals surface area contributed by atoms with Gasteiger partial charge >= 0.3 is 0 Å². The van der Waals surface area contributed by atoms with Gasteiger partial charge in [0.1, 0.15) is 5.75 Å². The maximum absolute atomic E-state index is 12.0. The smallest absolute Gasteiger partial charge is 0.220 e. The molecule has 1 aromatic rings. The second kappa shape index (κ2) is 8.80. The molecule has 3 N–H and O–H groups in total. The third-order valence-corrected chi connectivity index (χ3v) is 4.39. The molecule has 0 bridgehead atoms. The third-order valence-electron chi connectivity index (χ3n) is 4.39. The lowest BCUT2D eigenvalue weighted by Gasteiger charge is -2.13. The van der Waals surface area contributed by atoms with E-state index in [1.807, 2.05) is 18.2 Å². The van der Waals surface area contributed by atoms with Crippen molar-refractivity contribution in [2.24, 2.45) is 5.92 Å². The second-order valence-electron chi connectivity index (χ2n) is 6.95. The van der Waals surface area contributed by atoms with Gasteiger partial charge in [-0.1, -0.05) is 32.8 Å². The second-order valence-corrected chi connectivity index (χ2v) is 6.95. The zero-order valence-corrected chi connectivity index (χ0v) is 14.4. The summed E-state index contributed by atoms with van der Waals surface area (Å²) in [6, 6.07) is 6.24. The van der Waals surface area contributed by atoms with E-state index in [0.29, 0.717) is 30.7 Å². The number of nitrogens with one attached hydrogen (secondary N) is 1. The normalized spacial score (nSPS) is 15.1. The van der Waals surface area contributed by atoms with Gasteiger partial charge in [0.2, 0.25) is 5.91 Å². The number of ether oxygens (including phenoxy) is 1. The fraction of sp³-hybridized carbons (Fsp3) is 0.632. The zero-order valence-electron chi connectivity index (χ0n) is 14.4. The fourth-order valence-electron chi connectivity index (χ4n) is 2.92. The van der Waals surface area contributed by atoms with Crippen LogP contribution in [0.3, 0.4) is 0 Å². The van der Waals surface area contributed by atoms with Crippen molar-refractivity contribution in [2.75, 3.05) is 12.3 Å². The molecular weight excluding hydrogens is 288 g/mol. The van der Waals surface area contributed by atoms with Crippen molar-refractivity contribution in [1.29, 1.82) is 0 Å². The summed E-state index contributed by atoms with van der Waals surface area (Å²) in [5.41, 5.74) is 7.79. The number of nitrogen functional groups attached to an aromatic ring is 1. The lowest BCUT2D eigenvalue weighted by molar-refractivity contribution is -0.121. The van der Waals surface area contributed by atoms with Crippen molar-refractivity contribution in [3.05, 3.63) is 23.8 Å². The summed E-state index contributed by atoms with van der Waals surface area (Å²) in [7, 11) is 0. The molecule has 0 radical (unpaired) electrons. The maximum Gasteiger partial charge on any atom is 0.220 e. The first kappa shape index (κ1) is 17.6. The number of rotatable bonds is 8. The van der Waals surface area contributed by atoms with Crippen molar-refractivity contribution in [3.63, 3.8) is 0 Å².